The van der Waals surface area contributed by atoms with E-state index in [1.165, 1.54) is 7.11 Å². The van der Waals surface area contributed by atoms with E-state index in [4.69, 9.17) is 20.8 Å². The summed E-state index contributed by atoms with van der Waals surface area (Å²) in [4.78, 5) is 9.01. The van der Waals surface area contributed by atoms with Gasteiger partial charge in [0, 0.05) is 36.4 Å². The van der Waals surface area contributed by atoms with Gasteiger partial charge in [-0.2, -0.15) is 5.26 Å². The Labute approximate surface area is 223 Å². The van der Waals surface area contributed by atoms with Gasteiger partial charge in [0.1, 0.15) is 11.8 Å². The van der Waals surface area contributed by atoms with Crippen molar-refractivity contribution < 1.29 is 9.16 Å². The molecule has 0 radical (unpaired) electrons. The van der Waals surface area contributed by atoms with Gasteiger partial charge in [-0.15, -0.1) is 10.2 Å². The minimum atomic E-state index is -1.95. The van der Waals surface area contributed by atoms with Gasteiger partial charge in [0.15, 0.2) is 13.5 Å². The number of nitriles is 1. The molecule has 11 heteroatoms. The highest BCUT2D eigenvalue weighted by Gasteiger charge is 2.42. The highest BCUT2D eigenvalue weighted by molar-refractivity contribution is 6.74. The number of rotatable bonds is 7. The third-order valence-corrected chi connectivity index (χ3v) is 11.9. The van der Waals surface area contributed by atoms with Crippen LogP contribution in [0.2, 0.25) is 23.3 Å². The molecule has 1 atom stereocenters. The lowest BCUT2D eigenvalue weighted by Gasteiger charge is -2.39. The fourth-order valence-electron chi connectivity index (χ4n) is 3.91. The normalized spacial score (nSPS) is 17.1. The number of benzene rings is 1. The molecule has 3 heterocycles. The summed E-state index contributed by atoms with van der Waals surface area (Å²) in [5, 5.41) is 24.5. The van der Waals surface area contributed by atoms with E-state index in [9.17, 15) is 5.26 Å². The molecule has 1 aromatic carbocycles. The SMILES string of the molecule is COc1nnc(Cl)cc1Nc1nccc(-c2cc(C#N)c3c(c2)[C@@](C)(CO[Si](C)(C)C(C)(C)C)CN3)n1. The summed E-state index contributed by atoms with van der Waals surface area (Å²) < 4.78 is 11.9. The van der Waals surface area contributed by atoms with Gasteiger partial charge in [0.25, 0.3) is 5.88 Å². The smallest absolute Gasteiger partial charge is 0.257 e. The maximum Gasteiger partial charge on any atom is 0.257 e. The van der Waals surface area contributed by atoms with Crippen molar-refractivity contribution in [2.45, 2.75) is 51.2 Å². The highest BCUT2D eigenvalue weighted by atomic mass is 35.5. The van der Waals surface area contributed by atoms with E-state index >= 15 is 0 Å². The zero-order valence-electron chi connectivity index (χ0n) is 22.2. The lowest BCUT2D eigenvalue weighted by molar-refractivity contribution is 0.220. The van der Waals surface area contributed by atoms with E-state index in [1.54, 1.807) is 12.3 Å². The third kappa shape index (κ3) is 5.39. The van der Waals surface area contributed by atoms with Crippen molar-refractivity contribution in [3.8, 4) is 23.2 Å². The molecule has 0 saturated carbocycles. The average molecular weight is 538 g/mol. The Hall–Kier alpha value is -3.26. The predicted molar refractivity (Wildman–Crippen MR) is 148 cm³/mol. The molecule has 3 aromatic rings. The summed E-state index contributed by atoms with van der Waals surface area (Å²) in [6.45, 7) is 14.7. The number of methoxy groups -OCH3 is 1. The number of aromatic nitrogens is 4. The van der Waals surface area contributed by atoms with Crippen molar-refractivity contribution in [2.24, 2.45) is 0 Å². The van der Waals surface area contributed by atoms with Gasteiger partial charge in [0.2, 0.25) is 5.95 Å². The second-order valence-electron chi connectivity index (χ2n) is 11.0. The van der Waals surface area contributed by atoms with Crippen molar-refractivity contribution in [1.82, 2.24) is 20.2 Å². The molecule has 194 valence electrons. The summed E-state index contributed by atoms with van der Waals surface area (Å²) in [6.07, 6.45) is 1.66. The van der Waals surface area contributed by atoms with E-state index in [1.807, 2.05) is 12.1 Å². The largest absolute Gasteiger partial charge is 0.478 e. The van der Waals surface area contributed by atoms with Crippen molar-refractivity contribution in [3.63, 3.8) is 0 Å². The van der Waals surface area contributed by atoms with Crippen LogP contribution in [0.1, 0.15) is 38.8 Å². The lowest BCUT2D eigenvalue weighted by Crippen LogP contribution is -2.45. The van der Waals surface area contributed by atoms with Crippen molar-refractivity contribution in [2.75, 3.05) is 30.9 Å². The molecule has 0 bridgehead atoms. The molecule has 1 aliphatic rings. The molecule has 0 amide bonds. The number of hydrogen-bond acceptors (Lipinski definition) is 9. The molecule has 1 aliphatic heterocycles. The first-order valence-electron chi connectivity index (χ1n) is 12.0. The number of halogens is 1. The van der Waals surface area contributed by atoms with Gasteiger partial charge in [-0.25, -0.2) is 9.97 Å². The Morgan fingerprint density at radius 2 is 2.00 bits per heavy atom. The molecular formula is C26H32ClN7O2Si. The summed E-state index contributed by atoms with van der Waals surface area (Å²) in [7, 11) is -0.453. The average Bonchev–Trinajstić information content (AvgIpc) is 3.19. The van der Waals surface area contributed by atoms with Crippen LogP contribution in [0.4, 0.5) is 17.3 Å². The van der Waals surface area contributed by atoms with E-state index in [0.29, 0.717) is 36.0 Å². The van der Waals surface area contributed by atoms with Crippen molar-refractivity contribution in [3.05, 3.63) is 46.7 Å². The van der Waals surface area contributed by atoms with Gasteiger partial charge in [-0.05, 0) is 41.9 Å². The summed E-state index contributed by atoms with van der Waals surface area (Å²) in [6, 6.07) is 9.70. The second-order valence-corrected chi connectivity index (χ2v) is 16.2. The van der Waals surface area contributed by atoms with Crippen molar-refractivity contribution in [1.29, 1.82) is 5.26 Å². The maximum absolute atomic E-state index is 9.94. The summed E-state index contributed by atoms with van der Waals surface area (Å²) in [5.41, 5.74) is 4.19. The molecule has 0 fully saturated rings. The Bertz CT molecular complexity index is 1370. The zero-order chi connectivity index (χ0) is 27.0. The van der Waals surface area contributed by atoms with Crippen LogP contribution in [0, 0.1) is 11.3 Å². The highest BCUT2D eigenvalue weighted by Crippen LogP contribution is 2.44. The number of ether oxygens (including phenoxy) is 1. The van der Waals surface area contributed by atoms with Gasteiger partial charge in [-0.1, -0.05) is 39.3 Å². The van der Waals surface area contributed by atoms with E-state index < -0.39 is 8.32 Å². The Morgan fingerprint density at radius 1 is 1.24 bits per heavy atom. The number of hydrogen-bond donors (Lipinski definition) is 2. The summed E-state index contributed by atoms with van der Waals surface area (Å²) in [5.74, 6) is 0.604. The first-order valence-corrected chi connectivity index (χ1v) is 15.3. The molecule has 0 unspecified atom stereocenters. The van der Waals surface area contributed by atoms with Crippen LogP contribution < -0.4 is 15.4 Å². The molecular weight excluding hydrogens is 506 g/mol. The number of anilines is 3. The van der Waals surface area contributed by atoms with E-state index in [0.717, 1.165) is 16.8 Å². The molecule has 4 rings (SSSR count). The number of nitrogens with zero attached hydrogens (tertiary/aromatic N) is 5. The molecule has 2 aromatic heterocycles. The van der Waals surface area contributed by atoms with Crippen LogP contribution in [-0.2, 0) is 9.84 Å². The molecule has 9 nitrogen and oxygen atoms in total. The zero-order valence-corrected chi connectivity index (χ0v) is 24.0. The fraction of sp³-hybridized carbons (Fsp3) is 0.423. The van der Waals surface area contributed by atoms with E-state index in [-0.39, 0.29) is 21.5 Å². The predicted octanol–water partition coefficient (Wildman–Crippen LogP) is 5.92. The Kier molecular flexibility index (Phi) is 7.16. The van der Waals surface area contributed by atoms with Gasteiger partial charge in [0.05, 0.1) is 24.1 Å². The topological polar surface area (TPSA) is 118 Å². The minimum Gasteiger partial charge on any atom is -0.478 e. The fourth-order valence-corrected chi connectivity index (χ4v) is 5.16. The van der Waals surface area contributed by atoms with E-state index in [2.05, 4.69) is 83.7 Å². The van der Waals surface area contributed by atoms with Crippen LogP contribution in [0.3, 0.4) is 0 Å². The lowest BCUT2D eigenvalue weighted by atomic mass is 9.83. The third-order valence-electron chi connectivity index (χ3n) is 7.24. The van der Waals surface area contributed by atoms with Crippen LogP contribution in [0.15, 0.2) is 30.5 Å². The first-order chi connectivity index (χ1) is 17.4. The quantitative estimate of drug-likeness (QED) is 0.354. The monoisotopic (exact) mass is 537 g/mol. The maximum atomic E-state index is 9.94. The van der Waals surface area contributed by atoms with Crippen LogP contribution in [-0.4, -0.2) is 48.7 Å². The molecule has 0 spiro atoms. The Balaban J connectivity index is 1.68. The standard InChI is InChI=1S/C26H32ClN7O2Si/c1-25(2,3)37(6,7)36-15-26(4)14-30-22-17(13-28)10-16(11-18(22)26)19-8-9-29-24(31-19)32-20-12-21(27)33-34-23(20)35-5/h8-12,30H,14-15H2,1-7H3,(H,29,31,32,33)/t26-/m1/s1. The molecule has 0 saturated heterocycles. The Morgan fingerprint density at radius 3 is 2.68 bits per heavy atom. The van der Waals surface area contributed by atoms with Gasteiger partial charge < -0.3 is 19.8 Å². The second kappa shape index (κ2) is 9.89. The summed E-state index contributed by atoms with van der Waals surface area (Å²) >= 11 is 6.01. The van der Waals surface area contributed by atoms with Crippen molar-refractivity contribution >= 4 is 37.2 Å². The van der Waals surface area contributed by atoms with Crippen LogP contribution in [0.5, 0.6) is 5.88 Å². The molecule has 0 aliphatic carbocycles. The molecule has 2 N–H and O–H groups in total. The van der Waals surface area contributed by atoms with Gasteiger partial charge >= 0.3 is 0 Å². The van der Waals surface area contributed by atoms with Crippen LogP contribution in [0.25, 0.3) is 11.3 Å². The minimum absolute atomic E-state index is 0.111. The van der Waals surface area contributed by atoms with Crippen LogP contribution >= 0.6 is 11.6 Å². The van der Waals surface area contributed by atoms with Gasteiger partial charge in [-0.3, -0.25) is 0 Å². The number of nitrogens with one attached hydrogen (secondary N) is 2. The molecule has 37 heavy (non-hydrogen) atoms. The first kappa shape index (κ1) is 26.8. The number of fused-ring (bicyclic) bond motifs is 1.